The number of carbonyl (C=O) groups is 1. The molecular weight excluding hydrogens is 387 g/mol. The van der Waals surface area contributed by atoms with Crippen molar-refractivity contribution < 1.29 is 13.9 Å². The number of amides is 1. The normalized spacial score (nSPS) is 19.6. The minimum absolute atomic E-state index is 0.119. The minimum atomic E-state index is -0.466. The Kier molecular flexibility index (Phi) is 6.86. The topological polar surface area (TPSA) is 41.6 Å². The van der Waals surface area contributed by atoms with Crippen LogP contribution in [0.25, 0.3) is 0 Å². The molecule has 0 aliphatic carbocycles. The Labute approximate surface area is 158 Å². The SMILES string of the molecule is CC(NCC1CCCN(C(=O)OC(C)(C)C)C1)c1ccc(F)c(Br)c1. The average Bonchev–Trinajstić information content (AvgIpc) is 2.54. The molecule has 140 valence electrons. The van der Waals surface area contributed by atoms with Gasteiger partial charge in [0.2, 0.25) is 0 Å². The summed E-state index contributed by atoms with van der Waals surface area (Å²) in [5.74, 6) is 0.142. The van der Waals surface area contributed by atoms with E-state index in [2.05, 4.69) is 28.2 Å². The molecule has 1 aliphatic rings. The summed E-state index contributed by atoms with van der Waals surface area (Å²) in [4.78, 5) is 14.0. The summed E-state index contributed by atoms with van der Waals surface area (Å²) < 4.78 is 19.3. The second-order valence-corrected chi connectivity index (χ2v) is 8.59. The molecule has 6 heteroatoms. The van der Waals surface area contributed by atoms with Crippen molar-refractivity contribution >= 4 is 22.0 Å². The van der Waals surface area contributed by atoms with E-state index in [9.17, 15) is 9.18 Å². The monoisotopic (exact) mass is 414 g/mol. The van der Waals surface area contributed by atoms with Crippen molar-refractivity contribution in [1.82, 2.24) is 10.2 Å². The third-order valence-corrected chi connectivity index (χ3v) is 4.93. The van der Waals surface area contributed by atoms with Gasteiger partial charge in [0.1, 0.15) is 11.4 Å². The van der Waals surface area contributed by atoms with E-state index < -0.39 is 5.60 Å². The molecule has 1 saturated heterocycles. The summed E-state index contributed by atoms with van der Waals surface area (Å²) in [6.45, 7) is 10.0. The lowest BCUT2D eigenvalue weighted by Crippen LogP contribution is -2.45. The molecule has 1 heterocycles. The highest BCUT2D eigenvalue weighted by Crippen LogP contribution is 2.23. The first-order valence-electron chi connectivity index (χ1n) is 8.82. The number of carbonyl (C=O) groups excluding carboxylic acids is 1. The summed E-state index contributed by atoms with van der Waals surface area (Å²) >= 11 is 3.23. The van der Waals surface area contributed by atoms with Gasteiger partial charge in [-0.1, -0.05) is 6.07 Å². The largest absolute Gasteiger partial charge is 0.444 e. The summed E-state index contributed by atoms with van der Waals surface area (Å²) in [5, 5.41) is 3.50. The first kappa shape index (κ1) is 20.2. The van der Waals surface area contributed by atoms with Crippen molar-refractivity contribution in [2.75, 3.05) is 19.6 Å². The Morgan fingerprint density at radius 2 is 2.20 bits per heavy atom. The van der Waals surface area contributed by atoms with E-state index in [0.29, 0.717) is 16.9 Å². The van der Waals surface area contributed by atoms with Gasteiger partial charge in [0.05, 0.1) is 4.47 Å². The molecule has 0 saturated carbocycles. The number of ether oxygens (including phenoxy) is 1. The average molecular weight is 415 g/mol. The highest BCUT2D eigenvalue weighted by atomic mass is 79.9. The summed E-state index contributed by atoms with van der Waals surface area (Å²) in [6.07, 6.45) is 1.85. The van der Waals surface area contributed by atoms with Crippen LogP contribution in [0.2, 0.25) is 0 Å². The third-order valence-electron chi connectivity index (χ3n) is 4.33. The molecule has 1 aromatic carbocycles. The van der Waals surface area contributed by atoms with Gasteiger partial charge in [-0.05, 0) is 80.1 Å². The number of benzene rings is 1. The molecule has 1 N–H and O–H groups in total. The maximum Gasteiger partial charge on any atom is 0.410 e. The predicted octanol–water partition coefficient (Wildman–Crippen LogP) is 4.89. The summed E-state index contributed by atoms with van der Waals surface area (Å²) in [7, 11) is 0. The first-order valence-corrected chi connectivity index (χ1v) is 9.61. The van der Waals surface area contributed by atoms with Gasteiger partial charge < -0.3 is 15.0 Å². The van der Waals surface area contributed by atoms with Gasteiger partial charge in [-0.2, -0.15) is 0 Å². The molecule has 0 bridgehead atoms. The molecule has 0 radical (unpaired) electrons. The number of hydrogen-bond donors (Lipinski definition) is 1. The number of hydrogen-bond acceptors (Lipinski definition) is 3. The fourth-order valence-electron chi connectivity index (χ4n) is 2.97. The van der Waals surface area contributed by atoms with Crippen molar-refractivity contribution in [3.8, 4) is 0 Å². The van der Waals surface area contributed by atoms with Crippen LogP contribution in [0.4, 0.5) is 9.18 Å². The van der Waals surface area contributed by atoms with Crippen LogP contribution in [-0.4, -0.2) is 36.2 Å². The summed E-state index contributed by atoms with van der Waals surface area (Å²) in [5.41, 5.74) is 0.570. The van der Waals surface area contributed by atoms with Gasteiger partial charge >= 0.3 is 6.09 Å². The highest BCUT2D eigenvalue weighted by molar-refractivity contribution is 9.10. The molecule has 0 spiro atoms. The van der Waals surface area contributed by atoms with Gasteiger partial charge in [-0.15, -0.1) is 0 Å². The van der Waals surface area contributed by atoms with Crippen LogP contribution in [0.5, 0.6) is 0 Å². The zero-order valence-electron chi connectivity index (χ0n) is 15.4. The van der Waals surface area contributed by atoms with Gasteiger partial charge in [0.15, 0.2) is 0 Å². The maximum atomic E-state index is 13.4. The van der Waals surface area contributed by atoms with Gasteiger partial charge in [0.25, 0.3) is 0 Å². The van der Waals surface area contributed by atoms with Gasteiger partial charge in [0, 0.05) is 25.7 Å². The van der Waals surface area contributed by atoms with Gasteiger partial charge in [-0.3, -0.25) is 0 Å². The Morgan fingerprint density at radius 1 is 1.48 bits per heavy atom. The lowest BCUT2D eigenvalue weighted by atomic mass is 9.97. The highest BCUT2D eigenvalue weighted by Gasteiger charge is 2.27. The number of rotatable bonds is 4. The molecule has 2 rings (SSSR count). The van der Waals surface area contributed by atoms with E-state index in [4.69, 9.17) is 4.74 Å². The van der Waals surface area contributed by atoms with Crippen LogP contribution < -0.4 is 5.32 Å². The molecule has 25 heavy (non-hydrogen) atoms. The van der Waals surface area contributed by atoms with Crippen LogP contribution in [-0.2, 0) is 4.74 Å². The molecule has 1 aliphatic heterocycles. The lowest BCUT2D eigenvalue weighted by Gasteiger charge is -2.34. The van der Waals surface area contributed by atoms with Crippen LogP contribution >= 0.6 is 15.9 Å². The van der Waals surface area contributed by atoms with E-state index in [1.807, 2.05) is 20.8 Å². The van der Waals surface area contributed by atoms with E-state index >= 15 is 0 Å². The Bertz CT molecular complexity index is 604. The standard InChI is InChI=1S/C19H28BrFN2O2/c1-13(15-7-8-17(21)16(20)10-15)22-11-14-6-5-9-23(12-14)18(24)25-19(2,3)4/h7-8,10,13-14,22H,5-6,9,11-12H2,1-4H3. The smallest absolute Gasteiger partial charge is 0.410 e. The second kappa shape index (κ2) is 8.49. The number of nitrogens with zero attached hydrogens (tertiary/aromatic N) is 1. The van der Waals surface area contributed by atoms with Crippen LogP contribution in [0, 0.1) is 11.7 Å². The van der Waals surface area contributed by atoms with Crippen LogP contribution in [0.1, 0.15) is 52.1 Å². The molecule has 2 atom stereocenters. The first-order chi connectivity index (χ1) is 11.7. The molecular formula is C19H28BrFN2O2. The van der Waals surface area contributed by atoms with E-state index in [0.717, 1.165) is 31.5 Å². The number of likely N-dealkylation sites (tertiary alicyclic amines) is 1. The van der Waals surface area contributed by atoms with Crippen molar-refractivity contribution in [1.29, 1.82) is 0 Å². The van der Waals surface area contributed by atoms with Crippen molar-refractivity contribution in [3.05, 3.63) is 34.1 Å². The predicted molar refractivity (Wildman–Crippen MR) is 101 cm³/mol. The Morgan fingerprint density at radius 3 is 2.84 bits per heavy atom. The molecule has 1 fully saturated rings. The second-order valence-electron chi connectivity index (χ2n) is 7.74. The minimum Gasteiger partial charge on any atom is -0.444 e. The van der Waals surface area contributed by atoms with Crippen LogP contribution in [0.3, 0.4) is 0 Å². The molecule has 1 aromatic rings. The van der Waals surface area contributed by atoms with Crippen LogP contribution in [0.15, 0.2) is 22.7 Å². The number of piperidine rings is 1. The summed E-state index contributed by atoms with van der Waals surface area (Å²) in [6, 6.07) is 5.20. The van der Waals surface area contributed by atoms with Crippen molar-refractivity contribution in [2.24, 2.45) is 5.92 Å². The Hall–Kier alpha value is -1.14. The fourth-order valence-corrected chi connectivity index (χ4v) is 3.36. The number of nitrogens with one attached hydrogen (secondary N) is 1. The van der Waals surface area contributed by atoms with Crippen molar-refractivity contribution in [3.63, 3.8) is 0 Å². The Balaban J connectivity index is 1.85. The molecule has 2 unspecified atom stereocenters. The van der Waals surface area contributed by atoms with Crippen molar-refractivity contribution in [2.45, 2.75) is 52.2 Å². The van der Waals surface area contributed by atoms with E-state index in [1.54, 1.807) is 17.0 Å². The molecule has 1 amide bonds. The fraction of sp³-hybridized carbons (Fsp3) is 0.632. The van der Waals surface area contributed by atoms with Gasteiger partial charge in [-0.25, -0.2) is 9.18 Å². The maximum absolute atomic E-state index is 13.4. The molecule has 0 aromatic heterocycles. The third kappa shape index (κ3) is 6.26. The lowest BCUT2D eigenvalue weighted by molar-refractivity contribution is 0.0165. The quantitative estimate of drug-likeness (QED) is 0.762. The zero-order chi connectivity index (χ0) is 18.6. The molecule has 4 nitrogen and oxygen atoms in total. The van der Waals surface area contributed by atoms with E-state index in [1.165, 1.54) is 6.07 Å². The zero-order valence-corrected chi connectivity index (χ0v) is 17.0. The number of halogens is 2. The van der Waals surface area contributed by atoms with E-state index in [-0.39, 0.29) is 18.0 Å².